The molecule has 0 bridgehead atoms. The molecule has 96 valence electrons. The Bertz CT molecular complexity index is 346. The number of hydrogen-bond donors (Lipinski definition) is 1. The van der Waals surface area contributed by atoms with Crippen LogP contribution in [0.15, 0.2) is 22.7 Å². The van der Waals surface area contributed by atoms with E-state index < -0.39 is 0 Å². The molecule has 1 N–H and O–H groups in total. The molecule has 0 saturated heterocycles. The smallest absolute Gasteiger partial charge is 0.0462 e. The highest BCUT2D eigenvalue weighted by Gasteiger charge is 2.04. The Hall–Kier alpha value is 0.300. The van der Waals surface area contributed by atoms with Gasteiger partial charge in [0.2, 0.25) is 0 Å². The SMILES string of the molecule is CCSCCC(C)NCc1ccc(Br)cc1Cl. The summed E-state index contributed by atoms with van der Waals surface area (Å²) in [5.41, 5.74) is 1.16. The summed E-state index contributed by atoms with van der Waals surface area (Å²) >= 11 is 11.6. The van der Waals surface area contributed by atoms with Crippen LogP contribution in [0.3, 0.4) is 0 Å². The Morgan fingerprint density at radius 2 is 2.24 bits per heavy atom. The van der Waals surface area contributed by atoms with Crippen molar-refractivity contribution >= 4 is 39.3 Å². The monoisotopic (exact) mass is 335 g/mol. The van der Waals surface area contributed by atoms with E-state index in [0.717, 1.165) is 21.6 Å². The predicted octanol–water partition coefficient (Wildman–Crippen LogP) is 4.72. The molecule has 1 atom stereocenters. The van der Waals surface area contributed by atoms with E-state index in [1.165, 1.54) is 17.9 Å². The largest absolute Gasteiger partial charge is 0.310 e. The van der Waals surface area contributed by atoms with E-state index in [1.807, 2.05) is 23.9 Å². The lowest BCUT2D eigenvalue weighted by Crippen LogP contribution is -2.26. The van der Waals surface area contributed by atoms with Gasteiger partial charge in [0.25, 0.3) is 0 Å². The molecule has 0 aliphatic heterocycles. The van der Waals surface area contributed by atoms with Crippen LogP contribution in [0.1, 0.15) is 25.8 Å². The molecule has 1 aromatic carbocycles. The summed E-state index contributed by atoms with van der Waals surface area (Å²) in [5.74, 6) is 2.42. The lowest BCUT2D eigenvalue weighted by molar-refractivity contribution is 0.537. The molecule has 1 rings (SSSR count). The zero-order valence-electron chi connectivity index (χ0n) is 10.3. The topological polar surface area (TPSA) is 12.0 Å². The third-order valence-corrected chi connectivity index (χ3v) is 4.33. The second-order valence-electron chi connectivity index (χ2n) is 4.00. The summed E-state index contributed by atoms with van der Waals surface area (Å²) < 4.78 is 1.03. The van der Waals surface area contributed by atoms with Crippen LogP contribution in [0.4, 0.5) is 0 Å². The quantitative estimate of drug-likeness (QED) is 0.723. The Kier molecular flexibility index (Phi) is 7.60. The van der Waals surface area contributed by atoms with Gasteiger partial charge in [-0.3, -0.25) is 0 Å². The standard InChI is InChI=1S/C13H19BrClNS/c1-3-17-7-6-10(2)16-9-11-4-5-12(14)8-13(11)15/h4-5,8,10,16H,3,6-7,9H2,1-2H3. The minimum Gasteiger partial charge on any atom is -0.310 e. The number of halogens is 2. The zero-order chi connectivity index (χ0) is 12.7. The maximum absolute atomic E-state index is 6.17. The van der Waals surface area contributed by atoms with Crippen LogP contribution in [-0.4, -0.2) is 17.5 Å². The van der Waals surface area contributed by atoms with E-state index in [0.29, 0.717) is 6.04 Å². The highest BCUT2D eigenvalue weighted by Crippen LogP contribution is 2.21. The number of nitrogens with one attached hydrogen (secondary N) is 1. The molecular formula is C13H19BrClNS. The van der Waals surface area contributed by atoms with Crippen LogP contribution < -0.4 is 5.32 Å². The van der Waals surface area contributed by atoms with Gasteiger partial charge in [0.15, 0.2) is 0 Å². The molecule has 0 saturated carbocycles. The van der Waals surface area contributed by atoms with Crippen LogP contribution in [0.5, 0.6) is 0 Å². The minimum atomic E-state index is 0.536. The zero-order valence-corrected chi connectivity index (χ0v) is 13.5. The number of thioether (sulfide) groups is 1. The maximum atomic E-state index is 6.17. The highest BCUT2D eigenvalue weighted by atomic mass is 79.9. The van der Waals surface area contributed by atoms with Gasteiger partial charge in [-0.05, 0) is 42.5 Å². The Morgan fingerprint density at radius 1 is 1.47 bits per heavy atom. The fraction of sp³-hybridized carbons (Fsp3) is 0.538. The van der Waals surface area contributed by atoms with Gasteiger partial charge in [0.1, 0.15) is 0 Å². The van der Waals surface area contributed by atoms with Gasteiger partial charge in [-0.2, -0.15) is 11.8 Å². The van der Waals surface area contributed by atoms with Crippen LogP contribution in [0, 0.1) is 0 Å². The molecule has 0 heterocycles. The third-order valence-electron chi connectivity index (χ3n) is 2.56. The summed E-state index contributed by atoms with van der Waals surface area (Å²) in [7, 11) is 0. The molecule has 1 aromatic rings. The molecule has 1 unspecified atom stereocenters. The second kappa shape index (κ2) is 8.41. The van der Waals surface area contributed by atoms with Gasteiger partial charge in [0.05, 0.1) is 0 Å². The molecule has 17 heavy (non-hydrogen) atoms. The van der Waals surface area contributed by atoms with E-state index in [9.17, 15) is 0 Å². The van der Waals surface area contributed by atoms with Crippen molar-refractivity contribution in [2.24, 2.45) is 0 Å². The molecule has 0 radical (unpaired) electrons. The molecule has 0 fully saturated rings. The lowest BCUT2D eigenvalue weighted by Gasteiger charge is -2.14. The van der Waals surface area contributed by atoms with Crippen molar-refractivity contribution in [3.8, 4) is 0 Å². The average Bonchev–Trinajstić information content (AvgIpc) is 2.28. The minimum absolute atomic E-state index is 0.536. The number of hydrogen-bond acceptors (Lipinski definition) is 2. The van der Waals surface area contributed by atoms with Gasteiger partial charge in [0, 0.05) is 22.1 Å². The van der Waals surface area contributed by atoms with Crippen molar-refractivity contribution in [3.05, 3.63) is 33.3 Å². The first-order valence-corrected chi connectivity index (χ1v) is 8.21. The Morgan fingerprint density at radius 3 is 2.88 bits per heavy atom. The molecule has 0 amide bonds. The first kappa shape index (κ1) is 15.4. The summed E-state index contributed by atoms with van der Waals surface area (Å²) in [5, 5.41) is 4.33. The van der Waals surface area contributed by atoms with Gasteiger partial charge >= 0.3 is 0 Å². The van der Waals surface area contributed by atoms with Crippen LogP contribution in [0.2, 0.25) is 5.02 Å². The van der Waals surface area contributed by atoms with Gasteiger partial charge in [-0.25, -0.2) is 0 Å². The number of benzene rings is 1. The molecule has 4 heteroatoms. The van der Waals surface area contributed by atoms with E-state index in [1.54, 1.807) is 0 Å². The third kappa shape index (κ3) is 6.14. The predicted molar refractivity (Wildman–Crippen MR) is 83.1 cm³/mol. The van der Waals surface area contributed by atoms with Crippen molar-refractivity contribution in [1.82, 2.24) is 5.32 Å². The highest BCUT2D eigenvalue weighted by molar-refractivity contribution is 9.10. The molecule has 0 spiro atoms. The molecule has 1 nitrogen and oxygen atoms in total. The fourth-order valence-corrected chi connectivity index (χ4v) is 3.00. The first-order chi connectivity index (χ1) is 8.13. The van der Waals surface area contributed by atoms with E-state index in [2.05, 4.69) is 41.2 Å². The van der Waals surface area contributed by atoms with E-state index >= 15 is 0 Å². The Balaban J connectivity index is 2.34. The van der Waals surface area contributed by atoms with Gasteiger partial charge in [-0.15, -0.1) is 0 Å². The van der Waals surface area contributed by atoms with Crippen LogP contribution >= 0.6 is 39.3 Å². The molecule has 0 aliphatic carbocycles. The van der Waals surface area contributed by atoms with Crippen LogP contribution in [-0.2, 0) is 6.54 Å². The number of rotatable bonds is 7. The summed E-state index contributed by atoms with van der Waals surface area (Å²) in [6.07, 6.45) is 1.20. The first-order valence-electron chi connectivity index (χ1n) is 5.88. The van der Waals surface area contributed by atoms with E-state index in [-0.39, 0.29) is 0 Å². The summed E-state index contributed by atoms with van der Waals surface area (Å²) in [6.45, 7) is 5.26. The summed E-state index contributed by atoms with van der Waals surface area (Å²) in [6, 6.07) is 6.57. The van der Waals surface area contributed by atoms with Gasteiger partial charge < -0.3 is 5.32 Å². The fourth-order valence-electron chi connectivity index (χ4n) is 1.46. The molecule has 0 aromatic heterocycles. The van der Waals surface area contributed by atoms with Crippen molar-refractivity contribution in [3.63, 3.8) is 0 Å². The average molecular weight is 337 g/mol. The van der Waals surface area contributed by atoms with Gasteiger partial charge in [-0.1, -0.05) is 40.5 Å². The van der Waals surface area contributed by atoms with Crippen LogP contribution in [0.25, 0.3) is 0 Å². The van der Waals surface area contributed by atoms with E-state index in [4.69, 9.17) is 11.6 Å². The maximum Gasteiger partial charge on any atom is 0.0462 e. The second-order valence-corrected chi connectivity index (χ2v) is 6.72. The molecule has 0 aliphatic rings. The van der Waals surface area contributed by atoms with Crippen molar-refractivity contribution < 1.29 is 0 Å². The lowest BCUT2D eigenvalue weighted by atomic mass is 10.2. The Labute approximate surface area is 122 Å². The summed E-state index contributed by atoms with van der Waals surface area (Å²) in [4.78, 5) is 0. The van der Waals surface area contributed by atoms with Crippen molar-refractivity contribution in [2.45, 2.75) is 32.9 Å². The normalized spacial score (nSPS) is 12.7. The van der Waals surface area contributed by atoms with Crippen molar-refractivity contribution in [1.29, 1.82) is 0 Å². The van der Waals surface area contributed by atoms with Crippen molar-refractivity contribution in [2.75, 3.05) is 11.5 Å². The molecular weight excluding hydrogens is 318 g/mol.